The fourth-order valence-corrected chi connectivity index (χ4v) is 3.11. The summed E-state index contributed by atoms with van der Waals surface area (Å²) in [6, 6.07) is 9.14. The monoisotopic (exact) mass is 295 g/mol. The Balaban J connectivity index is 2.65. The number of nitrogens with one attached hydrogen (secondary N) is 1. The second-order valence-corrected chi connectivity index (χ2v) is 8.13. The predicted octanol–water partition coefficient (Wildman–Crippen LogP) is 3.83. The normalized spacial score (nSPS) is 15.4. The molecule has 0 bridgehead atoms. The summed E-state index contributed by atoms with van der Waals surface area (Å²) < 4.78 is 0. The molecule has 0 fully saturated rings. The molecule has 0 radical (unpaired) electrons. The SMILES string of the molecule is CC(C)NC(C)(CO)CSc1ccc(C(C)(C)C)cc1. The van der Waals surface area contributed by atoms with Crippen molar-refractivity contribution >= 4 is 11.8 Å². The predicted molar refractivity (Wildman–Crippen MR) is 89.6 cm³/mol. The average molecular weight is 295 g/mol. The number of aliphatic hydroxyl groups excluding tert-OH is 1. The van der Waals surface area contributed by atoms with E-state index in [0.717, 1.165) is 5.75 Å². The fraction of sp³-hybridized carbons (Fsp3) is 0.647. The van der Waals surface area contributed by atoms with Crippen molar-refractivity contribution in [1.82, 2.24) is 5.32 Å². The van der Waals surface area contributed by atoms with Crippen LogP contribution in [0.2, 0.25) is 0 Å². The molecule has 1 atom stereocenters. The van der Waals surface area contributed by atoms with Gasteiger partial charge in [-0.2, -0.15) is 0 Å². The van der Waals surface area contributed by atoms with Gasteiger partial charge in [-0.15, -0.1) is 11.8 Å². The largest absolute Gasteiger partial charge is 0.394 e. The molecular weight excluding hydrogens is 266 g/mol. The summed E-state index contributed by atoms with van der Waals surface area (Å²) in [6.07, 6.45) is 0. The molecule has 0 aliphatic heterocycles. The zero-order valence-electron chi connectivity index (χ0n) is 13.7. The summed E-state index contributed by atoms with van der Waals surface area (Å²) in [7, 11) is 0. The van der Waals surface area contributed by atoms with E-state index in [1.54, 1.807) is 11.8 Å². The molecule has 2 nitrogen and oxygen atoms in total. The van der Waals surface area contributed by atoms with Crippen LogP contribution in [0.5, 0.6) is 0 Å². The summed E-state index contributed by atoms with van der Waals surface area (Å²) in [5.41, 5.74) is 1.32. The van der Waals surface area contributed by atoms with E-state index in [9.17, 15) is 5.11 Å². The number of thioether (sulfide) groups is 1. The zero-order chi connectivity index (χ0) is 15.4. The summed E-state index contributed by atoms with van der Waals surface area (Å²) in [5.74, 6) is 0.858. The first-order valence-corrected chi connectivity index (χ1v) is 8.27. The van der Waals surface area contributed by atoms with Gasteiger partial charge in [-0.25, -0.2) is 0 Å². The molecule has 3 heteroatoms. The lowest BCUT2D eigenvalue weighted by atomic mass is 9.87. The molecule has 0 heterocycles. The summed E-state index contributed by atoms with van der Waals surface area (Å²) in [4.78, 5) is 1.25. The van der Waals surface area contributed by atoms with Crippen LogP contribution in [-0.4, -0.2) is 29.0 Å². The summed E-state index contributed by atoms with van der Waals surface area (Å²) >= 11 is 1.79. The minimum atomic E-state index is -0.235. The highest BCUT2D eigenvalue weighted by molar-refractivity contribution is 7.99. The van der Waals surface area contributed by atoms with Crippen molar-refractivity contribution < 1.29 is 5.11 Å². The Morgan fingerprint density at radius 3 is 2.05 bits per heavy atom. The van der Waals surface area contributed by atoms with Gasteiger partial charge in [0.2, 0.25) is 0 Å². The molecule has 1 unspecified atom stereocenters. The molecule has 2 N–H and O–H groups in total. The van der Waals surface area contributed by atoms with Gasteiger partial charge in [-0.1, -0.05) is 46.8 Å². The van der Waals surface area contributed by atoms with Crippen molar-refractivity contribution in [2.75, 3.05) is 12.4 Å². The van der Waals surface area contributed by atoms with Crippen LogP contribution < -0.4 is 5.32 Å². The quantitative estimate of drug-likeness (QED) is 0.782. The molecule has 0 aromatic heterocycles. The zero-order valence-corrected chi connectivity index (χ0v) is 14.5. The van der Waals surface area contributed by atoms with E-state index in [2.05, 4.69) is 71.1 Å². The van der Waals surface area contributed by atoms with E-state index in [1.165, 1.54) is 10.5 Å². The van der Waals surface area contributed by atoms with Gasteiger partial charge in [0.1, 0.15) is 0 Å². The summed E-state index contributed by atoms with van der Waals surface area (Å²) in [5, 5.41) is 13.0. The number of benzene rings is 1. The van der Waals surface area contributed by atoms with Crippen molar-refractivity contribution in [2.24, 2.45) is 0 Å². The van der Waals surface area contributed by atoms with Gasteiger partial charge in [0.05, 0.1) is 6.61 Å². The second kappa shape index (κ2) is 6.97. The van der Waals surface area contributed by atoms with Crippen molar-refractivity contribution in [1.29, 1.82) is 0 Å². The molecule has 0 aliphatic carbocycles. The maximum atomic E-state index is 9.59. The van der Waals surface area contributed by atoms with Gasteiger partial charge in [-0.3, -0.25) is 0 Å². The first-order valence-electron chi connectivity index (χ1n) is 7.28. The van der Waals surface area contributed by atoms with Crippen LogP contribution in [0.1, 0.15) is 47.1 Å². The van der Waals surface area contributed by atoms with Gasteiger partial charge in [-0.05, 0) is 30.0 Å². The van der Waals surface area contributed by atoms with E-state index < -0.39 is 0 Å². The molecule has 0 saturated carbocycles. The van der Waals surface area contributed by atoms with Gasteiger partial charge >= 0.3 is 0 Å². The van der Waals surface area contributed by atoms with Crippen LogP contribution in [0.4, 0.5) is 0 Å². The van der Waals surface area contributed by atoms with Crippen LogP contribution in [-0.2, 0) is 5.41 Å². The standard InChI is InChI=1S/C17H29NOS/c1-13(2)18-17(6,11-19)12-20-15-9-7-14(8-10-15)16(3,4)5/h7-10,13,18-19H,11-12H2,1-6H3. The van der Waals surface area contributed by atoms with Gasteiger partial charge in [0.15, 0.2) is 0 Å². The van der Waals surface area contributed by atoms with Crippen molar-refractivity contribution in [2.45, 2.75) is 63.4 Å². The van der Waals surface area contributed by atoms with Crippen molar-refractivity contribution in [3.8, 4) is 0 Å². The van der Waals surface area contributed by atoms with E-state index in [4.69, 9.17) is 0 Å². The van der Waals surface area contributed by atoms with Gasteiger partial charge in [0, 0.05) is 22.2 Å². The fourth-order valence-electron chi connectivity index (χ4n) is 2.12. The highest BCUT2D eigenvalue weighted by Crippen LogP contribution is 2.27. The summed E-state index contributed by atoms with van der Waals surface area (Å²) in [6.45, 7) is 13.1. The minimum absolute atomic E-state index is 0.151. The number of hydrogen-bond donors (Lipinski definition) is 2. The highest BCUT2D eigenvalue weighted by Gasteiger charge is 2.24. The Morgan fingerprint density at radius 1 is 1.10 bits per heavy atom. The Morgan fingerprint density at radius 2 is 1.65 bits per heavy atom. The number of hydrogen-bond acceptors (Lipinski definition) is 3. The average Bonchev–Trinajstić information content (AvgIpc) is 2.35. The Labute approximate surface area is 128 Å². The van der Waals surface area contributed by atoms with E-state index in [1.807, 2.05) is 0 Å². The molecule has 1 rings (SSSR count). The topological polar surface area (TPSA) is 32.3 Å². The van der Waals surface area contributed by atoms with Crippen LogP contribution in [0.3, 0.4) is 0 Å². The lowest BCUT2D eigenvalue weighted by Gasteiger charge is -2.30. The van der Waals surface area contributed by atoms with Crippen LogP contribution >= 0.6 is 11.8 Å². The molecular formula is C17H29NOS. The third-order valence-electron chi connectivity index (χ3n) is 3.26. The van der Waals surface area contributed by atoms with Crippen LogP contribution in [0.15, 0.2) is 29.2 Å². The first kappa shape index (κ1) is 17.5. The van der Waals surface area contributed by atoms with E-state index in [0.29, 0.717) is 6.04 Å². The van der Waals surface area contributed by atoms with Crippen LogP contribution in [0, 0.1) is 0 Å². The molecule has 1 aromatic carbocycles. The molecule has 0 aliphatic rings. The molecule has 1 aromatic rings. The Hall–Kier alpha value is -0.510. The maximum absolute atomic E-state index is 9.59. The smallest absolute Gasteiger partial charge is 0.0618 e. The van der Waals surface area contributed by atoms with Crippen LogP contribution in [0.25, 0.3) is 0 Å². The number of rotatable bonds is 6. The lowest BCUT2D eigenvalue weighted by Crippen LogP contribution is -2.51. The van der Waals surface area contributed by atoms with E-state index in [-0.39, 0.29) is 17.6 Å². The third-order valence-corrected chi connectivity index (χ3v) is 4.65. The minimum Gasteiger partial charge on any atom is -0.394 e. The molecule has 0 spiro atoms. The number of aliphatic hydroxyl groups is 1. The molecule has 0 amide bonds. The Kier molecular flexibility index (Phi) is 6.11. The third kappa shape index (κ3) is 5.47. The molecule has 20 heavy (non-hydrogen) atoms. The highest BCUT2D eigenvalue weighted by atomic mass is 32.2. The Bertz CT molecular complexity index is 408. The second-order valence-electron chi connectivity index (χ2n) is 7.08. The van der Waals surface area contributed by atoms with Gasteiger partial charge in [0.25, 0.3) is 0 Å². The van der Waals surface area contributed by atoms with E-state index >= 15 is 0 Å². The van der Waals surface area contributed by atoms with Gasteiger partial charge < -0.3 is 10.4 Å². The molecule has 0 saturated heterocycles. The molecule has 114 valence electrons. The van der Waals surface area contributed by atoms with Crippen molar-refractivity contribution in [3.63, 3.8) is 0 Å². The first-order chi connectivity index (χ1) is 9.16. The lowest BCUT2D eigenvalue weighted by molar-refractivity contribution is 0.183. The maximum Gasteiger partial charge on any atom is 0.0618 e. The van der Waals surface area contributed by atoms with Crippen molar-refractivity contribution in [3.05, 3.63) is 29.8 Å².